The molecule has 23 heavy (non-hydrogen) atoms. The molecule has 0 saturated carbocycles. The van der Waals surface area contributed by atoms with E-state index in [1.54, 1.807) is 6.20 Å². The number of fused-ring (bicyclic) bond motifs is 1. The number of hydrogen-bond acceptors (Lipinski definition) is 2. The van der Waals surface area contributed by atoms with Gasteiger partial charge in [0.15, 0.2) is 0 Å². The molecule has 0 aliphatic carbocycles. The topological polar surface area (TPSA) is 41.0 Å². The second kappa shape index (κ2) is 5.84. The number of aromatic nitrogens is 2. The summed E-state index contributed by atoms with van der Waals surface area (Å²) in [6.07, 6.45) is 8.18. The van der Waals surface area contributed by atoms with Crippen molar-refractivity contribution in [1.29, 1.82) is 0 Å². The summed E-state index contributed by atoms with van der Waals surface area (Å²) in [6.45, 7) is 3.03. The highest BCUT2D eigenvalue weighted by atomic mass is 14.8. The Bertz CT molecular complexity index is 901. The molecule has 2 aromatic heterocycles. The van der Waals surface area contributed by atoms with E-state index in [9.17, 15) is 0 Å². The molecule has 1 N–H and O–H groups in total. The Hall–Kier alpha value is -2.68. The molecule has 0 fully saturated rings. The van der Waals surface area contributed by atoms with E-state index >= 15 is 0 Å². The molecule has 1 aliphatic rings. The number of aryl methyl sites for hydroxylation is 1. The zero-order valence-electron chi connectivity index (χ0n) is 13.2. The quantitative estimate of drug-likeness (QED) is 0.742. The van der Waals surface area contributed by atoms with E-state index in [1.807, 2.05) is 12.3 Å². The minimum atomic E-state index is 0.897. The van der Waals surface area contributed by atoms with Gasteiger partial charge in [0, 0.05) is 46.7 Å². The summed E-state index contributed by atoms with van der Waals surface area (Å²) in [5.41, 5.74) is 7.17. The average Bonchev–Trinajstić information content (AvgIpc) is 2.92. The fraction of sp³-hybridized carbons (Fsp3) is 0.200. The molecule has 0 amide bonds. The van der Waals surface area contributed by atoms with Crippen LogP contribution in [0.3, 0.4) is 0 Å². The Morgan fingerprint density at radius 1 is 1.13 bits per heavy atom. The predicted molar refractivity (Wildman–Crippen MR) is 95.9 cm³/mol. The number of nitrogens with one attached hydrogen (secondary N) is 1. The molecule has 3 heterocycles. The fourth-order valence-electron chi connectivity index (χ4n) is 3.26. The number of benzene rings is 1. The third-order valence-electron chi connectivity index (χ3n) is 4.38. The van der Waals surface area contributed by atoms with Crippen molar-refractivity contribution in [2.24, 2.45) is 4.99 Å². The summed E-state index contributed by atoms with van der Waals surface area (Å²) in [7, 11) is 0. The highest BCUT2D eigenvalue weighted by Crippen LogP contribution is 2.28. The molecule has 1 aromatic carbocycles. The van der Waals surface area contributed by atoms with E-state index in [0.717, 1.165) is 30.7 Å². The lowest BCUT2D eigenvalue weighted by Crippen LogP contribution is -2.11. The standard InChI is InChI=1S/C20H19N3/c1-14-18(17-8-2-3-9-19(17)23-14)12-15-6-5-11-22-20(15)16-7-4-10-21-13-16/h2-4,7-10,12-13,23H,5-6,11H2,1H3/b15-12+. The van der Waals surface area contributed by atoms with Crippen molar-refractivity contribution in [2.75, 3.05) is 6.54 Å². The van der Waals surface area contributed by atoms with Crippen molar-refractivity contribution in [1.82, 2.24) is 9.97 Å². The van der Waals surface area contributed by atoms with E-state index in [1.165, 1.54) is 27.7 Å². The van der Waals surface area contributed by atoms with Crippen LogP contribution in [0.15, 0.2) is 59.4 Å². The summed E-state index contributed by atoms with van der Waals surface area (Å²) < 4.78 is 0. The lowest BCUT2D eigenvalue weighted by Gasteiger charge is -2.16. The van der Waals surface area contributed by atoms with E-state index < -0.39 is 0 Å². The third-order valence-corrected chi connectivity index (χ3v) is 4.38. The molecule has 4 rings (SSSR count). The third kappa shape index (κ3) is 2.59. The molecule has 1 aliphatic heterocycles. The van der Waals surface area contributed by atoms with Crippen molar-refractivity contribution in [3.05, 3.63) is 71.2 Å². The maximum Gasteiger partial charge on any atom is 0.0694 e. The SMILES string of the molecule is Cc1[nH]c2ccccc2c1/C=C1\CCCN=C1c1cccnc1. The zero-order chi connectivity index (χ0) is 15.6. The number of allylic oxidation sites excluding steroid dienone is 1. The van der Waals surface area contributed by atoms with Crippen LogP contribution in [0.25, 0.3) is 17.0 Å². The molecule has 0 spiro atoms. The number of aromatic amines is 1. The van der Waals surface area contributed by atoms with Gasteiger partial charge in [0.05, 0.1) is 5.71 Å². The molecule has 0 bridgehead atoms. The molecule has 0 unspecified atom stereocenters. The minimum Gasteiger partial charge on any atom is -0.358 e. The van der Waals surface area contributed by atoms with Gasteiger partial charge in [-0.25, -0.2) is 0 Å². The Kier molecular flexibility index (Phi) is 3.54. The summed E-state index contributed by atoms with van der Waals surface area (Å²) in [5, 5.41) is 1.27. The predicted octanol–water partition coefficient (Wildman–Crippen LogP) is 4.54. The lowest BCUT2D eigenvalue weighted by atomic mass is 9.94. The van der Waals surface area contributed by atoms with Crippen molar-refractivity contribution >= 4 is 22.7 Å². The van der Waals surface area contributed by atoms with Crippen molar-refractivity contribution < 1.29 is 0 Å². The van der Waals surface area contributed by atoms with Crippen LogP contribution >= 0.6 is 0 Å². The van der Waals surface area contributed by atoms with E-state index in [-0.39, 0.29) is 0 Å². The van der Waals surface area contributed by atoms with E-state index in [4.69, 9.17) is 4.99 Å². The van der Waals surface area contributed by atoms with Gasteiger partial charge < -0.3 is 4.98 Å². The van der Waals surface area contributed by atoms with Gasteiger partial charge >= 0.3 is 0 Å². The normalized spacial score (nSPS) is 16.7. The van der Waals surface area contributed by atoms with E-state index in [0.29, 0.717) is 0 Å². The van der Waals surface area contributed by atoms with Gasteiger partial charge in [0.25, 0.3) is 0 Å². The first kappa shape index (κ1) is 13.9. The first-order chi connectivity index (χ1) is 11.3. The van der Waals surface area contributed by atoms with Crippen molar-refractivity contribution in [3.8, 4) is 0 Å². The number of aliphatic imine (C=N–C) groups is 1. The summed E-state index contributed by atoms with van der Waals surface area (Å²) in [6, 6.07) is 12.5. The maximum absolute atomic E-state index is 4.77. The Morgan fingerprint density at radius 3 is 2.91 bits per heavy atom. The first-order valence-corrected chi connectivity index (χ1v) is 8.06. The van der Waals surface area contributed by atoms with Crippen molar-refractivity contribution in [2.45, 2.75) is 19.8 Å². The molecular weight excluding hydrogens is 282 g/mol. The minimum absolute atomic E-state index is 0.897. The number of rotatable bonds is 2. The van der Waals surface area contributed by atoms with Crippen LogP contribution in [0.1, 0.15) is 29.7 Å². The van der Waals surface area contributed by atoms with Gasteiger partial charge in [0.1, 0.15) is 0 Å². The Balaban J connectivity index is 1.84. The van der Waals surface area contributed by atoms with E-state index in [2.05, 4.69) is 53.3 Å². The molecular formula is C20H19N3. The van der Waals surface area contributed by atoms with Gasteiger partial charge in [-0.1, -0.05) is 18.2 Å². The van der Waals surface area contributed by atoms with Gasteiger partial charge in [-0.15, -0.1) is 0 Å². The Labute approximate surface area is 135 Å². The smallest absolute Gasteiger partial charge is 0.0694 e. The molecule has 0 atom stereocenters. The highest BCUT2D eigenvalue weighted by Gasteiger charge is 2.16. The number of pyridine rings is 1. The summed E-state index contributed by atoms with van der Waals surface area (Å²) in [5.74, 6) is 0. The van der Waals surface area contributed by atoms with Crippen LogP contribution in [0, 0.1) is 6.92 Å². The van der Waals surface area contributed by atoms with Gasteiger partial charge in [-0.3, -0.25) is 9.98 Å². The average molecular weight is 301 g/mol. The molecule has 0 radical (unpaired) electrons. The number of nitrogens with zero attached hydrogens (tertiary/aromatic N) is 2. The number of H-pyrrole nitrogens is 1. The number of para-hydroxylation sites is 1. The summed E-state index contributed by atoms with van der Waals surface area (Å²) in [4.78, 5) is 12.5. The molecule has 3 heteroatoms. The first-order valence-electron chi connectivity index (χ1n) is 8.06. The van der Waals surface area contributed by atoms with Gasteiger partial charge in [0.2, 0.25) is 0 Å². The molecule has 114 valence electrons. The lowest BCUT2D eigenvalue weighted by molar-refractivity contribution is 0.818. The van der Waals surface area contributed by atoms with Gasteiger partial charge in [-0.05, 0) is 49.6 Å². The van der Waals surface area contributed by atoms with Crippen LogP contribution in [0.5, 0.6) is 0 Å². The Morgan fingerprint density at radius 2 is 2.04 bits per heavy atom. The van der Waals surface area contributed by atoms with Crippen molar-refractivity contribution in [3.63, 3.8) is 0 Å². The zero-order valence-corrected chi connectivity index (χ0v) is 13.2. The fourth-order valence-corrected chi connectivity index (χ4v) is 3.26. The second-order valence-electron chi connectivity index (χ2n) is 5.95. The molecule has 3 aromatic rings. The number of hydrogen-bond donors (Lipinski definition) is 1. The molecule has 0 saturated heterocycles. The monoisotopic (exact) mass is 301 g/mol. The maximum atomic E-state index is 4.77. The molecule has 3 nitrogen and oxygen atoms in total. The van der Waals surface area contributed by atoms with Gasteiger partial charge in [-0.2, -0.15) is 0 Å². The largest absolute Gasteiger partial charge is 0.358 e. The highest BCUT2D eigenvalue weighted by molar-refractivity contribution is 6.16. The van der Waals surface area contributed by atoms with Crippen LogP contribution in [-0.4, -0.2) is 22.2 Å². The second-order valence-corrected chi connectivity index (χ2v) is 5.95. The van der Waals surface area contributed by atoms with Crippen LogP contribution in [0.2, 0.25) is 0 Å². The van der Waals surface area contributed by atoms with Crippen LogP contribution in [-0.2, 0) is 0 Å². The van der Waals surface area contributed by atoms with Crippen LogP contribution in [0.4, 0.5) is 0 Å². The van der Waals surface area contributed by atoms with Crippen LogP contribution < -0.4 is 0 Å². The summed E-state index contributed by atoms with van der Waals surface area (Å²) >= 11 is 0.